The van der Waals surface area contributed by atoms with Crippen molar-refractivity contribution >= 4 is 0 Å². The van der Waals surface area contributed by atoms with E-state index in [2.05, 4.69) is 6.92 Å². The minimum Gasteiger partial charge on any atom is -0.393 e. The van der Waals surface area contributed by atoms with E-state index in [1.165, 1.54) is 96.3 Å². The first kappa shape index (κ1) is 21.2. The van der Waals surface area contributed by atoms with E-state index in [-0.39, 0.29) is 6.10 Å². The van der Waals surface area contributed by atoms with Crippen LogP contribution in [0.15, 0.2) is 0 Å². The molecule has 0 radical (unpaired) electrons. The highest BCUT2D eigenvalue weighted by molar-refractivity contribution is 4.84. The fourth-order valence-corrected chi connectivity index (χ4v) is 4.97. The third-order valence-electron chi connectivity index (χ3n) is 6.70. The Bertz CT molecular complexity index is 317. The lowest BCUT2D eigenvalue weighted by Gasteiger charge is -2.31. The smallest absolute Gasteiger partial charge is 0.0604 e. The zero-order valence-corrected chi connectivity index (χ0v) is 16.9. The zero-order chi connectivity index (χ0) is 17.7. The van der Waals surface area contributed by atoms with Crippen LogP contribution in [0.3, 0.4) is 0 Å². The quantitative estimate of drug-likeness (QED) is 0.399. The first-order valence-corrected chi connectivity index (χ1v) is 11.6. The molecule has 1 N–H and O–H groups in total. The molecule has 2 aliphatic rings. The summed E-state index contributed by atoms with van der Waals surface area (Å²) in [5.41, 5.74) is 0. The molecule has 0 heterocycles. The molecule has 4 atom stereocenters. The minimum atomic E-state index is -0.0672. The molecule has 2 aliphatic carbocycles. The van der Waals surface area contributed by atoms with Crippen LogP contribution in [0.4, 0.5) is 0 Å². The molecule has 2 nitrogen and oxygen atoms in total. The topological polar surface area (TPSA) is 29.5 Å². The molecule has 2 saturated carbocycles. The number of ether oxygens (including phenoxy) is 1. The van der Waals surface area contributed by atoms with E-state index in [0.29, 0.717) is 12.0 Å². The first-order chi connectivity index (χ1) is 12.3. The minimum absolute atomic E-state index is 0.0672. The van der Waals surface area contributed by atoms with Gasteiger partial charge in [-0.15, -0.1) is 0 Å². The molecule has 148 valence electrons. The van der Waals surface area contributed by atoms with Crippen LogP contribution in [0.25, 0.3) is 0 Å². The van der Waals surface area contributed by atoms with Gasteiger partial charge in [0.1, 0.15) is 0 Å². The molecule has 2 fully saturated rings. The Morgan fingerprint density at radius 3 is 2.00 bits per heavy atom. The second kappa shape index (κ2) is 13.1. The Hall–Kier alpha value is -0.0800. The summed E-state index contributed by atoms with van der Waals surface area (Å²) >= 11 is 0. The van der Waals surface area contributed by atoms with Crippen LogP contribution in [0.5, 0.6) is 0 Å². The van der Waals surface area contributed by atoms with Gasteiger partial charge in [0, 0.05) is 6.61 Å². The Labute approximate surface area is 157 Å². The second-order valence-corrected chi connectivity index (χ2v) is 8.76. The van der Waals surface area contributed by atoms with Crippen LogP contribution in [0, 0.1) is 11.8 Å². The fourth-order valence-electron chi connectivity index (χ4n) is 4.97. The van der Waals surface area contributed by atoms with Gasteiger partial charge in [-0.3, -0.25) is 0 Å². The predicted octanol–water partition coefficient (Wildman–Crippen LogP) is 6.64. The van der Waals surface area contributed by atoms with E-state index < -0.39 is 0 Å². The van der Waals surface area contributed by atoms with E-state index in [1.807, 2.05) is 0 Å². The van der Waals surface area contributed by atoms with E-state index >= 15 is 0 Å². The number of aliphatic hydroxyl groups excluding tert-OH is 1. The molecule has 4 unspecified atom stereocenters. The van der Waals surface area contributed by atoms with Crippen molar-refractivity contribution < 1.29 is 9.84 Å². The molecule has 2 bridgehead atoms. The highest BCUT2D eigenvalue weighted by atomic mass is 16.5. The van der Waals surface area contributed by atoms with Crippen LogP contribution in [-0.2, 0) is 4.74 Å². The number of rotatable bonds is 12. The largest absolute Gasteiger partial charge is 0.393 e. The van der Waals surface area contributed by atoms with Gasteiger partial charge in [0.25, 0.3) is 0 Å². The standard InChI is InChI=1S/C23H44O2/c1-2-3-4-5-6-7-8-9-10-11-19-25-23-18-17-22(24)20-13-12-14-21(23)16-15-20/h20-24H,2-19H2,1H3. The van der Waals surface area contributed by atoms with Gasteiger partial charge in [0.2, 0.25) is 0 Å². The predicted molar refractivity (Wildman–Crippen MR) is 107 cm³/mol. The van der Waals surface area contributed by atoms with Gasteiger partial charge < -0.3 is 9.84 Å². The van der Waals surface area contributed by atoms with Gasteiger partial charge in [-0.2, -0.15) is 0 Å². The van der Waals surface area contributed by atoms with Gasteiger partial charge in [-0.05, 0) is 56.8 Å². The molecule has 0 aliphatic heterocycles. The van der Waals surface area contributed by atoms with Gasteiger partial charge in [-0.25, -0.2) is 0 Å². The van der Waals surface area contributed by atoms with Crippen molar-refractivity contribution in [3.8, 4) is 0 Å². The molecule has 25 heavy (non-hydrogen) atoms. The van der Waals surface area contributed by atoms with Crippen molar-refractivity contribution in [2.24, 2.45) is 11.8 Å². The Kier molecular flexibility index (Phi) is 11.2. The van der Waals surface area contributed by atoms with Crippen LogP contribution < -0.4 is 0 Å². The van der Waals surface area contributed by atoms with E-state index in [1.54, 1.807) is 0 Å². The van der Waals surface area contributed by atoms with E-state index in [0.717, 1.165) is 25.4 Å². The molecule has 0 aromatic carbocycles. The summed E-state index contributed by atoms with van der Waals surface area (Å²) in [6.45, 7) is 3.23. The normalized spacial score (nSPS) is 30.0. The summed E-state index contributed by atoms with van der Waals surface area (Å²) in [4.78, 5) is 0. The summed E-state index contributed by atoms with van der Waals surface area (Å²) < 4.78 is 6.31. The molecule has 0 aromatic rings. The molecular weight excluding hydrogens is 308 g/mol. The Morgan fingerprint density at radius 1 is 0.680 bits per heavy atom. The van der Waals surface area contributed by atoms with Crippen LogP contribution in [0.1, 0.15) is 116 Å². The molecule has 0 spiro atoms. The average Bonchev–Trinajstić information content (AvgIpc) is 2.84. The van der Waals surface area contributed by atoms with Crippen molar-refractivity contribution in [3.05, 3.63) is 0 Å². The van der Waals surface area contributed by atoms with Crippen molar-refractivity contribution in [1.82, 2.24) is 0 Å². The summed E-state index contributed by atoms with van der Waals surface area (Å²) in [7, 11) is 0. The van der Waals surface area contributed by atoms with Gasteiger partial charge in [0.15, 0.2) is 0 Å². The molecule has 2 rings (SSSR count). The van der Waals surface area contributed by atoms with Crippen molar-refractivity contribution in [3.63, 3.8) is 0 Å². The molecule has 2 heteroatoms. The SMILES string of the molecule is CCCCCCCCCCCCOC1CCC(O)C2CCCC1CC2. The lowest BCUT2D eigenvalue weighted by molar-refractivity contribution is -0.0215. The lowest BCUT2D eigenvalue weighted by atomic mass is 9.84. The van der Waals surface area contributed by atoms with Gasteiger partial charge in [0.05, 0.1) is 12.2 Å². The van der Waals surface area contributed by atoms with Crippen LogP contribution in [-0.4, -0.2) is 23.9 Å². The van der Waals surface area contributed by atoms with Gasteiger partial charge >= 0.3 is 0 Å². The maximum Gasteiger partial charge on any atom is 0.0604 e. The number of hydrogen-bond acceptors (Lipinski definition) is 2. The third kappa shape index (κ3) is 8.43. The van der Waals surface area contributed by atoms with E-state index in [9.17, 15) is 5.11 Å². The maximum absolute atomic E-state index is 10.3. The monoisotopic (exact) mass is 352 g/mol. The first-order valence-electron chi connectivity index (χ1n) is 11.6. The highest BCUT2D eigenvalue weighted by Gasteiger charge is 2.32. The Morgan fingerprint density at radius 2 is 1.28 bits per heavy atom. The van der Waals surface area contributed by atoms with Crippen molar-refractivity contribution in [2.75, 3.05) is 6.61 Å². The average molecular weight is 353 g/mol. The summed E-state index contributed by atoms with van der Waals surface area (Å²) in [5.74, 6) is 1.34. The second-order valence-electron chi connectivity index (χ2n) is 8.76. The molecule has 0 saturated heterocycles. The number of hydrogen-bond donors (Lipinski definition) is 1. The van der Waals surface area contributed by atoms with E-state index in [4.69, 9.17) is 4.74 Å². The Balaban J connectivity index is 1.49. The zero-order valence-electron chi connectivity index (χ0n) is 16.9. The van der Waals surface area contributed by atoms with Crippen molar-refractivity contribution in [2.45, 2.75) is 128 Å². The highest BCUT2D eigenvalue weighted by Crippen LogP contribution is 2.37. The number of unbranched alkanes of at least 4 members (excludes halogenated alkanes) is 9. The maximum atomic E-state index is 10.3. The number of fused-ring (bicyclic) bond motifs is 3. The molecular formula is C23H44O2. The molecule has 0 amide bonds. The van der Waals surface area contributed by atoms with Crippen molar-refractivity contribution in [1.29, 1.82) is 0 Å². The van der Waals surface area contributed by atoms with Gasteiger partial charge in [-0.1, -0.05) is 71.1 Å². The van der Waals surface area contributed by atoms with Crippen LogP contribution >= 0.6 is 0 Å². The van der Waals surface area contributed by atoms with Crippen LogP contribution in [0.2, 0.25) is 0 Å². The summed E-state index contributed by atoms with van der Waals surface area (Å²) in [6.07, 6.45) is 22.6. The summed E-state index contributed by atoms with van der Waals surface area (Å²) in [6, 6.07) is 0. The third-order valence-corrected chi connectivity index (χ3v) is 6.70. The fraction of sp³-hybridized carbons (Fsp3) is 1.00. The number of aliphatic hydroxyl groups is 1. The summed E-state index contributed by atoms with van der Waals surface area (Å²) in [5, 5.41) is 10.3. The molecule has 0 aromatic heterocycles. The lowest BCUT2D eigenvalue weighted by Crippen LogP contribution is -2.30.